The zero-order valence-electron chi connectivity index (χ0n) is 11.0. The number of hydrogen-bond donors (Lipinski definition) is 3. The van der Waals surface area contributed by atoms with E-state index in [9.17, 15) is 9.59 Å². The minimum absolute atomic E-state index is 0.0442. The fourth-order valence-electron chi connectivity index (χ4n) is 2.01. The van der Waals surface area contributed by atoms with Crippen molar-refractivity contribution in [1.29, 1.82) is 0 Å². The first-order valence-corrected chi connectivity index (χ1v) is 6.13. The number of carbonyl (C=O) groups excluding carboxylic acids is 2. The third-order valence-electron chi connectivity index (χ3n) is 3.29. The first kappa shape index (κ1) is 14.0. The van der Waals surface area contributed by atoms with Gasteiger partial charge in [0.05, 0.1) is 12.5 Å². The second-order valence-corrected chi connectivity index (χ2v) is 4.61. The molecule has 1 aromatic carbocycles. The normalized spacial score (nSPS) is 19.8. The maximum absolute atomic E-state index is 11.7. The van der Waals surface area contributed by atoms with E-state index in [0.29, 0.717) is 12.1 Å². The highest BCUT2D eigenvalue weighted by molar-refractivity contribution is 6.05. The molecule has 1 aliphatic rings. The van der Waals surface area contributed by atoms with Crippen LogP contribution in [0.1, 0.15) is 17.5 Å². The van der Waals surface area contributed by atoms with Crippen LogP contribution in [0.5, 0.6) is 0 Å². The Labute approximate surface area is 116 Å². The molecule has 1 saturated heterocycles. The second-order valence-electron chi connectivity index (χ2n) is 4.61. The van der Waals surface area contributed by atoms with E-state index in [2.05, 4.69) is 10.5 Å². The monoisotopic (exact) mass is 276 g/mol. The summed E-state index contributed by atoms with van der Waals surface area (Å²) in [4.78, 5) is 24.2. The zero-order chi connectivity index (χ0) is 14.7. The van der Waals surface area contributed by atoms with Crippen molar-refractivity contribution < 1.29 is 14.8 Å². The number of likely N-dealkylation sites (tertiary alicyclic amines) is 1. The lowest BCUT2D eigenvalue weighted by Gasteiger charge is -2.11. The van der Waals surface area contributed by atoms with Crippen molar-refractivity contribution in [2.75, 3.05) is 7.05 Å². The molecule has 1 heterocycles. The molecule has 106 valence electrons. The molecular weight excluding hydrogens is 260 g/mol. The second kappa shape index (κ2) is 5.70. The third-order valence-corrected chi connectivity index (χ3v) is 3.29. The first-order valence-electron chi connectivity index (χ1n) is 6.13. The smallest absolute Gasteiger partial charge is 0.246 e. The number of carbonyl (C=O) groups is 2. The number of rotatable bonds is 4. The zero-order valence-corrected chi connectivity index (χ0v) is 11.0. The molecule has 1 aromatic rings. The molecule has 1 unspecified atom stereocenters. The van der Waals surface area contributed by atoms with Crippen molar-refractivity contribution in [2.45, 2.75) is 19.0 Å². The minimum Gasteiger partial charge on any atom is -0.409 e. The van der Waals surface area contributed by atoms with Crippen molar-refractivity contribution in [2.24, 2.45) is 10.9 Å². The van der Waals surface area contributed by atoms with E-state index in [4.69, 9.17) is 10.9 Å². The van der Waals surface area contributed by atoms with Crippen LogP contribution in [0.15, 0.2) is 29.4 Å². The van der Waals surface area contributed by atoms with Crippen molar-refractivity contribution in [3.8, 4) is 0 Å². The highest BCUT2D eigenvalue weighted by Crippen LogP contribution is 2.12. The van der Waals surface area contributed by atoms with Crippen LogP contribution in [-0.4, -0.2) is 40.8 Å². The molecule has 4 N–H and O–H groups in total. The predicted octanol–water partition coefficient (Wildman–Crippen LogP) is -0.372. The van der Waals surface area contributed by atoms with Crippen LogP contribution in [0.2, 0.25) is 0 Å². The summed E-state index contributed by atoms with van der Waals surface area (Å²) in [6.45, 7) is 0.466. The molecule has 0 aliphatic carbocycles. The van der Waals surface area contributed by atoms with Gasteiger partial charge >= 0.3 is 0 Å². The van der Waals surface area contributed by atoms with Crippen LogP contribution in [0.25, 0.3) is 0 Å². The van der Waals surface area contributed by atoms with E-state index >= 15 is 0 Å². The van der Waals surface area contributed by atoms with E-state index in [1.54, 1.807) is 12.1 Å². The summed E-state index contributed by atoms with van der Waals surface area (Å²) in [5.74, 6) is -0.333. The van der Waals surface area contributed by atoms with Crippen LogP contribution in [0, 0.1) is 0 Å². The molecule has 0 radical (unpaired) electrons. The average molecular weight is 276 g/mol. The lowest BCUT2D eigenvalue weighted by molar-refractivity contribution is -0.137. The van der Waals surface area contributed by atoms with E-state index in [1.807, 2.05) is 12.1 Å². The predicted molar refractivity (Wildman–Crippen MR) is 72.0 cm³/mol. The topological polar surface area (TPSA) is 108 Å². The van der Waals surface area contributed by atoms with Gasteiger partial charge < -0.3 is 16.3 Å². The molecule has 1 fully saturated rings. The van der Waals surface area contributed by atoms with Gasteiger partial charge in [0.25, 0.3) is 0 Å². The van der Waals surface area contributed by atoms with Crippen LogP contribution in [-0.2, 0) is 16.1 Å². The van der Waals surface area contributed by atoms with Gasteiger partial charge in [-0.3, -0.25) is 14.5 Å². The fraction of sp³-hybridized carbons (Fsp3) is 0.308. The van der Waals surface area contributed by atoms with Crippen molar-refractivity contribution in [1.82, 2.24) is 10.2 Å². The number of nitrogens with two attached hydrogens (primary N) is 1. The molecule has 0 bridgehead atoms. The van der Waals surface area contributed by atoms with Gasteiger partial charge in [0, 0.05) is 19.2 Å². The molecule has 2 rings (SSSR count). The van der Waals surface area contributed by atoms with Crippen LogP contribution in [0.4, 0.5) is 0 Å². The number of likely N-dealkylation sites (N-methyl/N-ethyl adjacent to an activating group) is 1. The van der Waals surface area contributed by atoms with Crippen LogP contribution in [0.3, 0.4) is 0 Å². The van der Waals surface area contributed by atoms with E-state index in [0.717, 1.165) is 10.5 Å². The van der Waals surface area contributed by atoms with Crippen molar-refractivity contribution in [3.05, 3.63) is 35.4 Å². The van der Waals surface area contributed by atoms with E-state index in [-0.39, 0.29) is 24.1 Å². The molecule has 0 saturated carbocycles. The highest BCUT2D eigenvalue weighted by Gasteiger charge is 2.35. The Balaban J connectivity index is 1.95. The number of amidine groups is 1. The van der Waals surface area contributed by atoms with Gasteiger partial charge in [0.1, 0.15) is 0 Å². The summed E-state index contributed by atoms with van der Waals surface area (Å²) in [5, 5.41) is 14.5. The molecule has 7 heteroatoms. The molecule has 1 aliphatic heterocycles. The first-order chi connectivity index (χ1) is 9.52. The standard InChI is InChI=1S/C13H16N4O3/c1-17-11(18)6-10(13(17)19)15-7-8-2-4-9(5-3-8)12(14)16-20/h2-5,10,15,20H,6-7H2,1H3,(H2,14,16). The summed E-state index contributed by atoms with van der Waals surface area (Å²) in [5.41, 5.74) is 7.02. The number of benzene rings is 1. The molecule has 1 atom stereocenters. The van der Waals surface area contributed by atoms with Crippen LogP contribution >= 0.6 is 0 Å². The Bertz CT molecular complexity index is 553. The Morgan fingerprint density at radius 3 is 2.60 bits per heavy atom. The lowest BCUT2D eigenvalue weighted by atomic mass is 10.1. The Morgan fingerprint density at radius 2 is 2.10 bits per heavy atom. The molecule has 0 aromatic heterocycles. The molecule has 2 amide bonds. The van der Waals surface area contributed by atoms with Gasteiger partial charge in [0.15, 0.2) is 5.84 Å². The maximum Gasteiger partial charge on any atom is 0.246 e. The van der Waals surface area contributed by atoms with Gasteiger partial charge in [-0.25, -0.2) is 0 Å². The molecule has 0 spiro atoms. The number of nitrogens with zero attached hydrogens (tertiary/aromatic N) is 2. The third kappa shape index (κ3) is 2.77. The SMILES string of the molecule is CN1C(=O)CC(NCc2ccc(C(N)=NO)cc2)C1=O. The molecular formula is C13H16N4O3. The summed E-state index contributed by atoms with van der Waals surface area (Å²) < 4.78 is 0. The number of imide groups is 1. The van der Waals surface area contributed by atoms with E-state index < -0.39 is 6.04 Å². The number of hydrogen-bond acceptors (Lipinski definition) is 5. The quantitative estimate of drug-likeness (QED) is 0.228. The maximum atomic E-state index is 11.7. The Kier molecular flexibility index (Phi) is 3.99. The molecule has 20 heavy (non-hydrogen) atoms. The highest BCUT2D eigenvalue weighted by atomic mass is 16.4. The fourth-order valence-corrected chi connectivity index (χ4v) is 2.01. The Hall–Kier alpha value is -2.41. The summed E-state index contributed by atoms with van der Waals surface area (Å²) in [7, 11) is 1.48. The van der Waals surface area contributed by atoms with Gasteiger partial charge in [-0.15, -0.1) is 0 Å². The van der Waals surface area contributed by atoms with Crippen molar-refractivity contribution >= 4 is 17.6 Å². The van der Waals surface area contributed by atoms with Gasteiger partial charge in [-0.05, 0) is 5.56 Å². The van der Waals surface area contributed by atoms with Crippen molar-refractivity contribution in [3.63, 3.8) is 0 Å². The largest absolute Gasteiger partial charge is 0.409 e. The summed E-state index contributed by atoms with van der Waals surface area (Å²) in [6.07, 6.45) is 0.192. The Morgan fingerprint density at radius 1 is 1.45 bits per heavy atom. The average Bonchev–Trinajstić information content (AvgIpc) is 2.72. The van der Waals surface area contributed by atoms with E-state index in [1.165, 1.54) is 7.05 Å². The minimum atomic E-state index is -0.462. The summed E-state index contributed by atoms with van der Waals surface area (Å²) in [6, 6.07) is 6.60. The van der Waals surface area contributed by atoms with Gasteiger partial charge in [-0.2, -0.15) is 0 Å². The summed E-state index contributed by atoms with van der Waals surface area (Å²) >= 11 is 0. The number of nitrogens with one attached hydrogen (secondary N) is 1. The van der Waals surface area contributed by atoms with Gasteiger partial charge in [0.2, 0.25) is 11.8 Å². The van der Waals surface area contributed by atoms with Crippen LogP contribution < -0.4 is 11.1 Å². The molecule has 7 nitrogen and oxygen atoms in total. The van der Waals surface area contributed by atoms with Gasteiger partial charge in [-0.1, -0.05) is 29.4 Å². The number of oxime groups is 1. The lowest BCUT2D eigenvalue weighted by Crippen LogP contribution is -2.36. The number of amides is 2.